The molecule has 2 aromatic rings. The molecule has 4 nitrogen and oxygen atoms in total. The van der Waals surface area contributed by atoms with Crippen molar-refractivity contribution in [2.24, 2.45) is 0 Å². The van der Waals surface area contributed by atoms with Crippen LogP contribution in [0.15, 0.2) is 42.7 Å². The van der Waals surface area contributed by atoms with Crippen molar-refractivity contribution in [3.63, 3.8) is 0 Å². The van der Waals surface area contributed by atoms with Crippen molar-refractivity contribution in [3.8, 4) is 0 Å². The van der Waals surface area contributed by atoms with Crippen LogP contribution in [0.4, 0.5) is 0 Å². The van der Waals surface area contributed by atoms with E-state index >= 15 is 0 Å². The van der Waals surface area contributed by atoms with Crippen LogP contribution in [0.2, 0.25) is 0 Å². The Labute approximate surface area is 132 Å². The summed E-state index contributed by atoms with van der Waals surface area (Å²) in [6.45, 7) is 7.25. The van der Waals surface area contributed by atoms with E-state index in [0.29, 0.717) is 17.2 Å². The highest BCUT2D eigenvalue weighted by Crippen LogP contribution is 2.27. The van der Waals surface area contributed by atoms with Gasteiger partial charge in [-0.3, -0.25) is 0 Å². The maximum Gasteiger partial charge on any atom is 0.348 e. The zero-order valence-electron chi connectivity index (χ0n) is 12.4. The quantitative estimate of drug-likeness (QED) is 0.472. The molecule has 5 heteroatoms. The predicted octanol–water partition coefficient (Wildman–Crippen LogP) is 4.17. The van der Waals surface area contributed by atoms with Crippen molar-refractivity contribution in [2.75, 3.05) is 6.61 Å². The van der Waals surface area contributed by atoms with E-state index in [-0.39, 0.29) is 5.97 Å². The molecule has 1 aromatic heterocycles. The summed E-state index contributed by atoms with van der Waals surface area (Å²) >= 11 is 1.37. The van der Waals surface area contributed by atoms with E-state index in [9.17, 15) is 9.59 Å². The fourth-order valence-corrected chi connectivity index (χ4v) is 2.83. The van der Waals surface area contributed by atoms with E-state index in [1.807, 2.05) is 18.2 Å². The highest BCUT2D eigenvalue weighted by atomic mass is 32.1. The lowest BCUT2D eigenvalue weighted by atomic mass is 10.1. The van der Waals surface area contributed by atoms with E-state index in [1.165, 1.54) is 17.4 Å². The molecule has 0 saturated heterocycles. The SMILES string of the molecule is C=C(C)OC(=O)/C=C/c1ccc2cc(C(=O)OCC)sc2c1. The fourth-order valence-electron chi connectivity index (χ4n) is 1.82. The Hall–Kier alpha value is -2.40. The Morgan fingerprint density at radius 1 is 1.32 bits per heavy atom. The van der Waals surface area contributed by atoms with Crippen LogP contribution in [-0.2, 0) is 14.3 Å². The Bertz CT molecular complexity index is 755. The van der Waals surface area contributed by atoms with E-state index in [2.05, 4.69) is 6.58 Å². The van der Waals surface area contributed by atoms with Crippen LogP contribution in [0, 0.1) is 0 Å². The lowest BCUT2D eigenvalue weighted by Crippen LogP contribution is -2.01. The van der Waals surface area contributed by atoms with E-state index in [4.69, 9.17) is 9.47 Å². The number of fused-ring (bicyclic) bond motifs is 1. The van der Waals surface area contributed by atoms with Crippen molar-refractivity contribution in [1.82, 2.24) is 0 Å². The summed E-state index contributed by atoms with van der Waals surface area (Å²) in [6, 6.07) is 7.49. The number of hydrogen-bond donors (Lipinski definition) is 0. The summed E-state index contributed by atoms with van der Waals surface area (Å²) in [5.74, 6) is -0.431. The summed E-state index contributed by atoms with van der Waals surface area (Å²) in [5.41, 5.74) is 0.850. The average Bonchev–Trinajstić information content (AvgIpc) is 2.88. The molecule has 114 valence electrons. The van der Waals surface area contributed by atoms with Gasteiger partial charge in [-0.2, -0.15) is 0 Å². The van der Waals surface area contributed by atoms with Crippen LogP contribution in [0.3, 0.4) is 0 Å². The fraction of sp³-hybridized carbons (Fsp3) is 0.176. The summed E-state index contributed by atoms with van der Waals surface area (Å²) in [6.07, 6.45) is 3.00. The molecule has 0 unspecified atom stereocenters. The molecule has 0 bridgehead atoms. The molecule has 0 aliphatic heterocycles. The van der Waals surface area contributed by atoms with Crippen molar-refractivity contribution < 1.29 is 19.1 Å². The van der Waals surface area contributed by atoms with Crippen LogP contribution in [-0.4, -0.2) is 18.5 Å². The van der Waals surface area contributed by atoms with Crippen molar-refractivity contribution in [1.29, 1.82) is 0 Å². The Kier molecular flexibility index (Phi) is 5.12. The third-order valence-corrected chi connectivity index (χ3v) is 3.79. The first-order valence-electron chi connectivity index (χ1n) is 6.75. The molecule has 1 heterocycles. The molecule has 0 radical (unpaired) electrons. The minimum absolute atomic E-state index is 0.314. The Morgan fingerprint density at radius 3 is 2.77 bits per heavy atom. The van der Waals surface area contributed by atoms with Gasteiger partial charge in [0, 0.05) is 10.8 Å². The summed E-state index contributed by atoms with van der Waals surface area (Å²) in [4.78, 5) is 23.7. The molecular weight excluding hydrogens is 300 g/mol. The zero-order chi connectivity index (χ0) is 16.1. The van der Waals surface area contributed by atoms with Gasteiger partial charge in [0.25, 0.3) is 0 Å². The molecule has 2 rings (SSSR count). The van der Waals surface area contributed by atoms with Crippen LogP contribution >= 0.6 is 11.3 Å². The molecule has 0 N–H and O–H groups in total. The summed E-state index contributed by atoms with van der Waals surface area (Å²) in [7, 11) is 0. The number of esters is 2. The van der Waals surface area contributed by atoms with Crippen LogP contribution in [0.25, 0.3) is 16.2 Å². The monoisotopic (exact) mass is 316 g/mol. The highest BCUT2D eigenvalue weighted by molar-refractivity contribution is 7.20. The van der Waals surface area contributed by atoms with Gasteiger partial charge in [-0.15, -0.1) is 11.3 Å². The lowest BCUT2D eigenvalue weighted by Gasteiger charge is -1.97. The lowest BCUT2D eigenvalue weighted by molar-refractivity contribution is -0.133. The van der Waals surface area contributed by atoms with Gasteiger partial charge in [-0.25, -0.2) is 9.59 Å². The standard InChI is InChI=1S/C17H16O4S/c1-4-20-17(19)15-10-13-7-5-12(9-14(13)22-15)6-8-16(18)21-11(2)3/h5-10H,2,4H2,1,3H3/b8-6+. The number of allylic oxidation sites excluding steroid dienone is 1. The molecule has 0 aliphatic carbocycles. The number of ether oxygens (including phenoxy) is 2. The average molecular weight is 316 g/mol. The number of carbonyl (C=O) groups is 2. The third kappa shape index (κ3) is 4.05. The first kappa shape index (κ1) is 16.0. The molecule has 0 amide bonds. The second-order valence-corrected chi connectivity index (χ2v) is 5.67. The molecule has 0 fully saturated rings. The normalized spacial score (nSPS) is 10.8. The molecule has 0 spiro atoms. The Morgan fingerprint density at radius 2 is 2.09 bits per heavy atom. The van der Waals surface area contributed by atoms with Gasteiger partial charge in [-0.05, 0) is 43.0 Å². The van der Waals surface area contributed by atoms with Gasteiger partial charge in [0.2, 0.25) is 0 Å². The van der Waals surface area contributed by atoms with Crippen molar-refractivity contribution >= 4 is 39.4 Å². The van der Waals surface area contributed by atoms with Gasteiger partial charge < -0.3 is 9.47 Å². The highest BCUT2D eigenvalue weighted by Gasteiger charge is 2.11. The van der Waals surface area contributed by atoms with Crippen molar-refractivity contribution in [2.45, 2.75) is 13.8 Å². The van der Waals surface area contributed by atoms with Crippen LogP contribution in [0.5, 0.6) is 0 Å². The largest absolute Gasteiger partial charge is 0.462 e. The number of carbonyl (C=O) groups excluding carboxylic acids is 2. The van der Waals surface area contributed by atoms with Gasteiger partial charge >= 0.3 is 11.9 Å². The minimum atomic E-state index is -0.467. The first-order chi connectivity index (χ1) is 10.5. The predicted molar refractivity (Wildman–Crippen MR) is 87.7 cm³/mol. The van der Waals surface area contributed by atoms with Gasteiger partial charge in [0.05, 0.1) is 12.4 Å². The minimum Gasteiger partial charge on any atom is -0.462 e. The summed E-state index contributed by atoms with van der Waals surface area (Å²) in [5, 5.41) is 0.967. The topological polar surface area (TPSA) is 52.6 Å². The van der Waals surface area contributed by atoms with Crippen LogP contribution in [0.1, 0.15) is 29.1 Å². The van der Waals surface area contributed by atoms with Crippen LogP contribution < -0.4 is 0 Å². The van der Waals surface area contributed by atoms with Crippen molar-refractivity contribution in [3.05, 3.63) is 53.1 Å². The molecule has 0 aliphatic rings. The first-order valence-corrected chi connectivity index (χ1v) is 7.57. The molecule has 22 heavy (non-hydrogen) atoms. The van der Waals surface area contributed by atoms with E-state index < -0.39 is 5.97 Å². The number of hydrogen-bond acceptors (Lipinski definition) is 5. The molecule has 1 aromatic carbocycles. The molecule has 0 atom stereocenters. The zero-order valence-corrected chi connectivity index (χ0v) is 13.2. The maximum absolute atomic E-state index is 11.7. The number of benzene rings is 1. The van der Waals surface area contributed by atoms with Gasteiger partial charge in [-0.1, -0.05) is 18.7 Å². The summed E-state index contributed by atoms with van der Waals surface area (Å²) < 4.78 is 10.8. The Balaban J connectivity index is 2.20. The third-order valence-electron chi connectivity index (χ3n) is 2.71. The molecular formula is C17H16O4S. The van der Waals surface area contributed by atoms with Gasteiger partial charge in [0.15, 0.2) is 0 Å². The maximum atomic E-state index is 11.7. The number of rotatable bonds is 5. The number of thiophene rings is 1. The van der Waals surface area contributed by atoms with Gasteiger partial charge in [0.1, 0.15) is 4.88 Å². The van der Waals surface area contributed by atoms with E-state index in [1.54, 1.807) is 26.0 Å². The molecule has 0 saturated carbocycles. The smallest absolute Gasteiger partial charge is 0.348 e. The second kappa shape index (κ2) is 7.04. The second-order valence-electron chi connectivity index (χ2n) is 4.58. The van der Waals surface area contributed by atoms with E-state index in [0.717, 1.165) is 15.6 Å².